The van der Waals surface area contributed by atoms with Gasteiger partial charge in [0.05, 0.1) is 38.8 Å². The first-order valence-electron chi connectivity index (χ1n) is 25.8. The molecule has 14 rings (SSSR count). The Morgan fingerprint density at radius 3 is 1.72 bits per heavy atom. The van der Waals surface area contributed by atoms with Crippen LogP contribution in [0.1, 0.15) is 124 Å². The molecule has 0 aliphatic heterocycles. The van der Waals surface area contributed by atoms with Crippen molar-refractivity contribution in [3.63, 3.8) is 0 Å². The van der Waals surface area contributed by atoms with Crippen LogP contribution < -0.4 is 0 Å². The van der Waals surface area contributed by atoms with E-state index in [1.165, 1.54) is 38.9 Å². The Kier molecular flexibility index (Phi) is 11.0. The number of aromatic hydroxyl groups is 1. The van der Waals surface area contributed by atoms with Crippen molar-refractivity contribution in [2.75, 3.05) is 0 Å². The van der Waals surface area contributed by atoms with E-state index in [9.17, 15) is 5.11 Å². The topological polar surface area (TPSA) is 55.9 Å². The number of rotatable bonds is 5. The number of fused-ring (bicyclic) bond motifs is 4. The van der Waals surface area contributed by atoms with E-state index >= 15 is 0 Å². The fraction of sp³-hybridized carbons (Fsp3) is 0.206. The fourth-order valence-corrected chi connectivity index (χ4v) is 12.0. The molecule has 0 radical (unpaired) electrons. The van der Waals surface area contributed by atoms with E-state index in [0.717, 1.165) is 89.2 Å². The summed E-state index contributed by atoms with van der Waals surface area (Å²) in [6.45, 7) is 20.4. The molecule has 0 saturated heterocycles. The van der Waals surface area contributed by atoms with E-state index in [2.05, 4.69) is 253 Å². The van der Waals surface area contributed by atoms with Crippen LogP contribution in [0.2, 0.25) is 0 Å². The Balaban J connectivity index is 0.00000556. The van der Waals surface area contributed by atoms with Crippen molar-refractivity contribution >= 4 is 33.0 Å². The van der Waals surface area contributed by atoms with Gasteiger partial charge >= 0.3 is 0 Å². The zero-order valence-corrected chi connectivity index (χ0v) is 45.7. The number of nitrogens with zero attached hydrogens (tertiary/aromatic N) is 4. The summed E-state index contributed by atoms with van der Waals surface area (Å²) in [6.07, 6.45) is 0. The minimum Gasteiger partial charge on any atom is -0.507 e. The van der Waals surface area contributed by atoms with Crippen LogP contribution in [-0.2, 0) is 37.3 Å². The third kappa shape index (κ3) is 7.44. The number of phenolic OH excluding ortho intramolecular Hbond substituents is 1. The Hall–Kier alpha value is -7.33. The van der Waals surface area contributed by atoms with Gasteiger partial charge in [-0.2, -0.15) is 0 Å². The molecule has 74 heavy (non-hydrogen) atoms. The third-order valence-electron chi connectivity index (χ3n) is 15.8. The molecule has 8 aromatic carbocycles. The molecular weight excluding hydrogens is 1080 g/mol. The van der Waals surface area contributed by atoms with E-state index in [1.54, 1.807) is 0 Å². The van der Waals surface area contributed by atoms with Crippen LogP contribution in [0.5, 0.6) is 5.75 Å². The summed E-state index contributed by atoms with van der Waals surface area (Å²) in [7, 11) is 0. The molecule has 2 bridgehead atoms. The monoisotopic (exact) mass is 1140 g/mol. The van der Waals surface area contributed by atoms with Crippen molar-refractivity contribution in [3.8, 4) is 50.9 Å². The molecule has 3 aliphatic rings. The van der Waals surface area contributed by atoms with E-state index in [0.29, 0.717) is 0 Å². The Labute approximate surface area is 448 Å². The summed E-state index contributed by atoms with van der Waals surface area (Å²) in [5, 5.41) is 13.4. The van der Waals surface area contributed by atoms with Gasteiger partial charge in [-0.05, 0) is 115 Å². The maximum absolute atomic E-state index is 12.7. The van der Waals surface area contributed by atoms with Crippen LogP contribution in [-0.4, -0.2) is 24.2 Å². The zero-order valence-electron chi connectivity index (χ0n) is 43.5. The largest absolute Gasteiger partial charge is 0.507 e. The Bertz CT molecular complexity index is 4000. The molecule has 1 N–H and O–H groups in total. The van der Waals surface area contributed by atoms with Gasteiger partial charge in [0.2, 0.25) is 0 Å². The SMILES string of the molecule is CC(C)(C)c1ccc(-n2c3ccc(-c4[c-]c(-c5nc6ccccc6n5-c5ccc(C(C)(C)C)cc5-c5ccccc5)cc(C(C)(C)C)c4)nc3c3c(O)cc4c(c32)C2c3ccccc3C4c3ccccc32)cc1.[Pt]. The van der Waals surface area contributed by atoms with Crippen molar-refractivity contribution in [2.24, 2.45) is 0 Å². The molecule has 3 aromatic heterocycles. The molecule has 3 heterocycles. The molecule has 0 spiro atoms. The predicted molar refractivity (Wildman–Crippen MR) is 301 cm³/mol. The van der Waals surface area contributed by atoms with Crippen LogP contribution >= 0.6 is 0 Å². The number of benzene rings is 8. The van der Waals surface area contributed by atoms with Gasteiger partial charge in [-0.15, -0.1) is 23.8 Å². The second-order valence-electron chi connectivity index (χ2n) is 23.5. The predicted octanol–water partition coefficient (Wildman–Crippen LogP) is 16.9. The summed E-state index contributed by atoms with van der Waals surface area (Å²) in [6, 6.07) is 67.7. The van der Waals surface area contributed by atoms with E-state index < -0.39 is 0 Å². The van der Waals surface area contributed by atoms with Crippen molar-refractivity contribution in [1.82, 2.24) is 19.1 Å². The number of hydrogen-bond acceptors (Lipinski definition) is 3. The molecule has 0 unspecified atom stereocenters. The summed E-state index contributed by atoms with van der Waals surface area (Å²) in [4.78, 5) is 11.1. The normalized spacial score (nSPS) is 15.0. The van der Waals surface area contributed by atoms with Crippen LogP contribution in [0.15, 0.2) is 176 Å². The molecule has 3 aliphatic carbocycles. The third-order valence-corrected chi connectivity index (χ3v) is 15.8. The van der Waals surface area contributed by atoms with Crippen LogP contribution in [0, 0.1) is 6.07 Å². The molecule has 6 heteroatoms. The average Bonchev–Trinajstić information content (AvgIpc) is 3.95. The maximum atomic E-state index is 12.7. The number of imidazole rings is 1. The summed E-state index contributed by atoms with van der Waals surface area (Å²) >= 11 is 0. The van der Waals surface area contributed by atoms with Crippen LogP contribution in [0.4, 0.5) is 0 Å². The molecule has 0 amide bonds. The van der Waals surface area contributed by atoms with Crippen molar-refractivity contribution in [2.45, 2.75) is 90.4 Å². The molecule has 368 valence electrons. The van der Waals surface area contributed by atoms with Gasteiger partial charge in [0.15, 0.2) is 0 Å². The summed E-state index contributed by atoms with van der Waals surface area (Å²) < 4.78 is 4.70. The number of hydrogen-bond donors (Lipinski definition) is 1. The number of aromatic nitrogens is 4. The molecular formula is C68H59N4OPt-. The fourth-order valence-electron chi connectivity index (χ4n) is 12.0. The molecule has 0 saturated carbocycles. The minimum absolute atomic E-state index is 0. The number of phenols is 1. The first-order valence-corrected chi connectivity index (χ1v) is 25.8. The van der Waals surface area contributed by atoms with Gasteiger partial charge in [0.25, 0.3) is 0 Å². The molecule has 0 atom stereocenters. The van der Waals surface area contributed by atoms with Gasteiger partial charge in [0, 0.05) is 55.5 Å². The Morgan fingerprint density at radius 2 is 1.07 bits per heavy atom. The van der Waals surface area contributed by atoms with Crippen molar-refractivity contribution < 1.29 is 26.2 Å². The first-order chi connectivity index (χ1) is 35.0. The second kappa shape index (κ2) is 17.1. The molecule has 11 aromatic rings. The number of para-hydroxylation sites is 2. The molecule has 5 nitrogen and oxygen atoms in total. The summed E-state index contributed by atoms with van der Waals surface area (Å²) in [5.74, 6) is 1.03. The summed E-state index contributed by atoms with van der Waals surface area (Å²) in [5.41, 5.74) is 22.6. The standard InChI is InChI=1S/C68H59N4O.Pt/c1-66(2,3)43-27-30-46(31-28-43)71-57-34-32-53(69-63(57)62-58(73)39-52-59-47-21-13-15-23-49(47)60(61(52)64(62)71)50-24-16-14-22-48(50)59)41-35-42(37-45(36-41)68(7,8)9)65-70-54-25-17-18-26-56(54)72(65)55-33-29-44(67(4,5)6)38-51(55)40-19-11-10-12-20-40;/h10-34,36-39,59-60,73H,1-9H3;/q-1;. The number of pyridine rings is 1. The minimum atomic E-state index is -0.221. The van der Waals surface area contributed by atoms with E-state index in [-0.39, 0.29) is 54.9 Å². The van der Waals surface area contributed by atoms with Gasteiger partial charge in [-0.1, -0.05) is 189 Å². The van der Waals surface area contributed by atoms with Crippen molar-refractivity contribution in [3.05, 3.63) is 232 Å². The van der Waals surface area contributed by atoms with Crippen LogP contribution in [0.3, 0.4) is 0 Å². The van der Waals surface area contributed by atoms with Crippen LogP contribution in [0.25, 0.3) is 78.1 Å². The average molecular weight is 1140 g/mol. The van der Waals surface area contributed by atoms with E-state index in [4.69, 9.17) is 9.97 Å². The maximum Gasteiger partial charge on any atom is 0.127 e. The van der Waals surface area contributed by atoms with Crippen molar-refractivity contribution in [1.29, 1.82) is 0 Å². The van der Waals surface area contributed by atoms with Gasteiger partial charge in [-0.25, -0.2) is 0 Å². The van der Waals surface area contributed by atoms with E-state index in [1.807, 2.05) is 0 Å². The quantitative estimate of drug-likeness (QED) is 0.175. The second-order valence-corrected chi connectivity index (χ2v) is 23.5. The van der Waals surface area contributed by atoms with Gasteiger partial charge < -0.3 is 14.2 Å². The smallest absolute Gasteiger partial charge is 0.127 e. The zero-order chi connectivity index (χ0) is 50.3. The van der Waals surface area contributed by atoms with Gasteiger partial charge in [-0.3, -0.25) is 9.97 Å². The Morgan fingerprint density at radius 1 is 0.486 bits per heavy atom. The first kappa shape index (κ1) is 47.7. The molecule has 0 fully saturated rings. The van der Waals surface area contributed by atoms with Gasteiger partial charge in [0.1, 0.15) is 5.75 Å².